The molecule has 2 heteroatoms. The molecule has 2 rings (SSSR count). The quantitative estimate of drug-likeness (QED) is 0.672. The van der Waals surface area contributed by atoms with Crippen LogP contribution >= 0.6 is 0 Å². The predicted octanol–water partition coefficient (Wildman–Crippen LogP) is 1.88. The van der Waals surface area contributed by atoms with E-state index in [1.54, 1.807) is 0 Å². The van der Waals surface area contributed by atoms with Gasteiger partial charge in [0.15, 0.2) is 0 Å². The van der Waals surface area contributed by atoms with Gasteiger partial charge in [0, 0.05) is 13.1 Å². The lowest BCUT2D eigenvalue weighted by Gasteiger charge is -2.29. The zero-order valence-corrected chi connectivity index (χ0v) is 9.25. The van der Waals surface area contributed by atoms with E-state index < -0.39 is 0 Å². The number of hydrogen-bond acceptors (Lipinski definition) is 1. The van der Waals surface area contributed by atoms with Crippen molar-refractivity contribution >= 4 is 0 Å². The first-order valence-corrected chi connectivity index (χ1v) is 6.31. The van der Waals surface area contributed by atoms with Gasteiger partial charge in [-0.15, -0.1) is 0 Å². The Labute approximate surface area is 88.1 Å². The molecule has 0 spiro atoms. The van der Waals surface area contributed by atoms with E-state index >= 15 is 0 Å². The van der Waals surface area contributed by atoms with Gasteiger partial charge in [-0.1, -0.05) is 6.42 Å². The third-order valence-corrected chi connectivity index (χ3v) is 3.69. The van der Waals surface area contributed by atoms with Gasteiger partial charge in [0.2, 0.25) is 0 Å². The second-order valence-corrected chi connectivity index (χ2v) is 4.81. The van der Waals surface area contributed by atoms with Crippen molar-refractivity contribution in [2.24, 2.45) is 5.92 Å². The smallest absolute Gasteiger partial charge is 0.0136 e. The van der Waals surface area contributed by atoms with Gasteiger partial charge in [-0.05, 0) is 57.7 Å². The number of rotatable bonds is 3. The summed E-state index contributed by atoms with van der Waals surface area (Å²) in [4.78, 5) is 2.66. The van der Waals surface area contributed by atoms with Gasteiger partial charge in [0.25, 0.3) is 0 Å². The molecule has 0 aromatic rings. The van der Waals surface area contributed by atoms with Crippen LogP contribution in [0, 0.1) is 5.92 Å². The van der Waals surface area contributed by atoms with E-state index in [0.717, 1.165) is 19.0 Å². The van der Waals surface area contributed by atoms with Crippen LogP contribution in [0.4, 0.5) is 0 Å². The highest BCUT2D eigenvalue weighted by molar-refractivity contribution is 4.71. The highest BCUT2D eigenvalue weighted by Gasteiger charge is 2.16. The number of hydrogen-bond donors (Lipinski definition) is 0. The van der Waals surface area contributed by atoms with Crippen LogP contribution in [0.1, 0.15) is 38.5 Å². The average Bonchev–Trinajstić information content (AvgIpc) is 2.29. The highest BCUT2D eigenvalue weighted by Crippen LogP contribution is 2.18. The average molecular weight is 195 g/mol. The summed E-state index contributed by atoms with van der Waals surface area (Å²) in [6, 6.07) is 0. The van der Waals surface area contributed by atoms with E-state index in [-0.39, 0.29) is 0 Å². The first-order chi connectivity index (χ1) is 6.95. The van der Waals surface area contributed by atoms with Crippen molar-refractivity contribution in [1.29, 1.82) is 0 Å². The van der Waals surface area contributed by atoms with Crippen LogP contribution in [0.25, 0.3) is 0 Å². The summed E-state index contributed by atoms with van der Waals surface area (Å²) < 4.78 is 0. The van der Waals surface area contributed by atoms with Crippen LogP contribution in [0.2, 0.25) is 0 Å². The van der Waals surface area contributed by atoms with E-state index in [1.807, 2.05) is 0 Å². The maximum absolute atomic E-state index is 4.41. The van der Waals surface area contributed by atoms with Crippen molar-refractivity contribution in [3.63, 3.8) is 0 Å². The molecule has 0 saturated carbocycles. The molecule has 0 aromatic heterocycles. The Kier molecular flexibility index (Phi) is 4.26. The maximum atomic E-state index is 4.41. The normalized spacial score (nSPS) is 26.6. The Hall–Kier alpha value is -0.0800. The molecule has 0 aromatic carbocycles. The van der Waals surface area contributed by atoms with Crippen molar-refractivity contribution in [1.82, 2.24) is 10.2 Å². The van der Waals surface area contributed by atoms with E-state index in [1.165, 1.54) is 58.2 Å². The standard InChI is InChI=1S/C12H23N2/c1-2-9-14(10-3-1)11-6-12-4-7-13-8-5-12/h12H,1-11H2. The molecule has 2 heterocycles. The Bertz CT molecular complexity index is 128. The minimum atomic E-state index is 0.981. The lowest BCUT2D eigenvalue weighted by molar-refractivity contribution is 0.203. The SMILES string of the molecule is C1CCN(CCC2CC[N]CC2)CC1. The van der Waals surface area contributed by atoms with E-state index in [0.29, 0.717) is 0 Å². The molecule has 0 N–H and O–H groups in total. The maximum Gasteiger partial charge on any atom is 0.0136 e. The van der Waals surface area contributed by atoms with Crippen molar-refractivity contribution in [2.75, 3.05) is 32.7 Å². The summed E-state index contributed by atoms with van der Waals surface area (Å²) in [6.45, 7) is 6.33. The van der Waals surface area contributed by atoms with Crippen molar-refractivity contribution in [3.05, 3.63) is 0 Å². The summed E-state index contributed by atoms with van der Waals surface area (Å²) in [5.74, 6) is 0.981. The Morgan fingerprint density at radius 3 is 2.43 bits per heavy atom. The molecule has 0 bridgehead atoms. The van der Waals surface area contributed by atoms with Gasteiger partial charge in [-0.3, -0.25) is 0 Å². The Morgan fingerprint density at radius 1 is 1.00 bits per heavy atom. The highest BCUT2D eigenvalue weighted by atomic mass is 15.1. The molecule has 1 radical (unpaired) electrons. The fraction of sp³-hybridized carbons (Fsp3) is 1.00. The van der Waals surface area contributed by atoms with Gasteiger partial charge in [-0.25, -0.2) is 5.32 Å². The van der Waals surface area contributed by atoms with Gasteiger partial charge in [0.1, 0.15) is 0 Å². The molecule has 0 atom stereocenters. The summed E-state index contributed by atoms with van der Waals surface area (Å²) in [6.07, 6.45) is 8.45. The number of piperidine rings is 2. The number of nitrogens with zero attached hydrogens (tertiary/aromatic N) is 2. The summed E-state index contributed by atoms with van der Waals surface area (Å²) in [5.41, 5.74) is 0. The molecule has 14 heavy (non-hydrogen) atoms. The lowest BCUT2D eigenvalue weighted by atomic mass is 9.94. The van der Waals surface area contributed by atoms with Crippen LogP contribution in [0.5, 0.6) is 0 Å². The Balaban J connectivity index is 1.60. The third kappa shape index (κ3) is 3.25. The third-order valence-electron chi connectivity index (χ3n) is 3.69. The van der Waals surface area contributed by atoms with Crippen LogP contribution in [-0.2, 0) is 0 Å². The fourth-order valence-corrected chi connectivity index (χ4v) is 2.64. The molecular formula is C12H23N2. The van der Waals surface area contributed by atoms with Crippen molar-refractivity contribution < 1.29 is 0 Å². The van der Waals surface area contributed by atoms with Crippen molar-refractivity contribution in [2.45, 2.75) is 38.5 Å². The largest absolute Gasteiger partial charge is 0.303 e. The molecular weight excluding hydrogens is 172 g/mol. The van der Waals surface area contributed by atoms with Gasteiger partial charge < -0.3 is 4.90 Å². The molecule has 0 amide bonds. The molecule has 0 unspecified atom stereocenters. The molecule has 2 fully saturated rings. The van der Waals surface area contributed by atoms with Crippen LogP contribution in [0.15, 0.2) is 0 Å². The minimum absolute atomic E-state index is 0.981. The molecule has 0 aliphatic carbocycles. The zero-order valence-electron chi connectivity index (χ0n) is 9.25. The van der Waals surface area contributed by atoms with E-state index in [2.05, 4.69) is 10.2 Å². The van der Waals surface area contributed by atoms with Crippen molar-refractivity contribution in [3.8, 4) is 0 Å². The van der Waals surface area contributed by atoms with E-state index in [9.17, 15) is 0 Å². The first-order valence-electron chi connectivity index (χ1n) is 6.31. The predicted molar refractivity (Wildman–Crippen MR) is 59.5 cm³/mol. The Morgan fingerprint density at radius 2 is 1.71 bits per heavy atom. The second kappa shape index (κ2) is 5.72. The molecule has 2 aliphatic heterocycles. The van der Waals surface area contributed by atoms with Crippen LogP contribution < -0.4 is 5.32 Å². The summed E-state index contributed by atoms with van der Waals surface area (Å²) in [7, 11) is 0. The van der Waals surface area contributed by atoms with Gasteiger partial charge in [-0.2, -0.15) is 0 Å². The minimum Gasteiger partial charge on any atom is -0.303 e. The first kappa shape index (κ1) is 10.4. The lowest BCUT2D eigenvalue weighted by Crippen LogP contribution is -2.33. The summed E-state index contributed by atoms with van der Waals surface area (Å²) in [5, 5.41) is 4.41. The van der Waals surface area contributed by atoms with Crippen LogP contribution in [0.3, 0.4) is 0 Å². The molecule has 2 saturated heterocycles. The molecule has 81 valence electrons. The topological polar surface area (TPSA) is 17.3 Å². The number of likely N-dealkylation sites (tertiary alicyclic amines) is 1. The van der Waals surface area contributed by atoms with Crippen LogP contribution in [-0.4, -0.2) is 37.6 Å². The van der Waals surface area contributed by atoms with E-state index in [4.69, 9.17) is 0 Å². The summed E-state index contributed by atoms with van der Waals surface area (Å²) >= 11 is 0. The zero-order chi connectivity index (χ0) is 9.64. The molecule has 2 nitrogen and oxygen atoms in total. The van der Waals surface area contributed by atoms with Gasteiger partial charge in [0.05, 0.1) is 0 Å². The fourth-order valence-electron chi connectivity index (χ4n) is 2.64. The second-order valence-electron chi connectivity index (χ2n) is 4.81. The molecule has 2 aliphatic rings. The van der Waals surface area contributed by atoms with Gasteiger partial charge >= 0.3 is 0 Å². The monoisotopic (exact) mass is 195 g/mol.